The van der Waals surface area contributed by atoms with Gasteiger partial charge in [-0.3, -0.25) is 9.59 Å². The summed E-state index contributed by atoms with van der Waals surface area (Å²) in [5, 5.41) is 24.6. The summed E-state index contributed by atoms with van der Waals surface area (Å²) in [6, 6.07) is 20.2. The predicted molar refractivity (Wildman–Crippen MR) is 133 cm³/mol. The Morgan fingerprint density at radius 2 is 1.09 bits per heavy atom. The third kappa shape index (κ3) is 8.43. The Bertz CT molecular complexity index is 899. The highest BCUT2D eigenvalue weighted by atomic mass is 16.3. The average molecular weight is 465 g/mol. The molecule has 2 aliphatic carbocycles. The fraction of sp³-hybridized carbons (Fsp3) is 0.429. The van der Waals surface area contributed by atoms with Crippen LogP contribution in [0.1, 0.15) is 36.8 Å². The molecule has 2 aliphatic rings. The fourth-order valence-electron chi connectivity index (χ4n) is 4.28. The van der Waals surface area contributed by atoms with Crippen molar-refractivity contribution < 1.29 is 19.8 Å². The molecule has 2 aromatic carbocycles. The second-order valence-corrected chi connectivity index (χ2v) is 9.00. The molecule has 34 heavy (non-hydrogen) atoms. The van der Waals surface area contributed by atoms with E-state index >= 15 is 0 Å². The number of carbonyl (C=O) groups is 2. The molecule has 0 aromatic heterocycles. The molecular formula is C28H36N2O4. The van der Waals surface area contributed by atoms with Crippen LogP contribution in [0.15, 0.2) is 72.8 Å². The number of hydrogen-bond donors (Lipinski definition) is 4. The van der Waals surface area contributed by atoms with Gasteiger partial charge in [0.25, 0.3) is 0 Å². The summed E-state index contributed by atoms with van der Waals surface area (Å²) in [5.74, 6) is 0.0454. The first-order valence-electron chi connectivity index (χ1n) is 12.2. The summed E-state index contributed by atoms with van der Waals surface area (Å²) in [7, 11) is 0. The van der Waals surface area contributed by atoms with Gasteiger partial charge in [-0.05, 0) is 49.7 Å². The third-order valence-corrected chi connectivity index (χ3v) is 6.36. The summed E-state index contributed by atoms with van der Waals surface area (Å²) in [6.45, 7) is 1.32. The van der Waals surface area contributed by atoms with Gasteiger partial charge in [0.05, 0.1) is 12.2 Å². The Balaban J connectivity index is 0.000000192. The fourth-order valence-corrected chi connectivity index (χ4v) is 4.28. The van der Waals surface area contributed by atoms with E-state index in [1.54, 1.807) is 0 Å². The molecule has 2 unspecified atom stereocenters. The standard InChI is InChI=1S/C14H19NO3.C14H17NO/c16-12-8-11(9-13(12)17)14(18)15-7-6-10-4-2-1-3-5-10;16-14(13-8-4-5-9-13)15-11-10-12-6-2-1-3-7-12/h1-5,11-13,16-17H,6-9H2,(H,15,18);1-7,13H,8-11H2,(H,15,16). The quantitative estimate of drug-likeness (QED) is 0.452. The number of amides is 2. The van der Waals surface area contributed by atoms with Crippen molar-refractivity contribution in [3.63, 3.8) is 0 Å². The minimum atomic E-state index is -0.755. The Hall–Kier alpha value is -2.96. The lowest BCUT2D eigenvalue weighted by Gasteiger charge is -2.10. The van der Waals surface area contributed by atoms with E-state index in [9.17, 15) is 19.8 Å². The lowest BCUT2D eigenvalue weighted by Crippen LogP contribution is -2.31. The second-order valence-electron chi connectivity index (χ2n) is 9.00. The van der Waals surface area contributed by atoms with Gasteiger partial charge >= 0.3 is 0 Å². The van der Waals surface area contributed by atoms with Gasteiger partial charge in [0, 0.05) is 24.9 Å². The minimum Gasteiger partial charge on any atom is -0.390 e. The summed E-state index contributed by atoms with van der Waals surface area (Å²) >= 11 is 0. The number of allylic oxidation sites excluding steroid dienone is 2. The molecule has 0 radical (unpaired) electrons. The highest BCUT2D eigenvalue weighted by Crippen LogP contribution is 2.26. The number of hydrogen-bond acceptors (Lipinski definition) is 4. The minimum absolute atomic E-state index is 0.0680. The van der Waals surface area contributed by atoms with Crippen LogP contribution in [-0.4, -0.2) is 47.3 Å². The summed E-state index contributed by atoms with van der Waals surface area (Å²) in [4.78, 5) is 23.5. The Kier molecular flexibility index (Phi) is 10.3. The molecule has 6 nitrogen and oxygen atoms in total. The molecule has 0 saturated heterocycles. The van der Waals surface area contributed by atoms with Crippen molar-refractivity contribution in [1.82, 2.24) is 10.6 Å². The van der Waals surface area contributed by atoms with E-state index < -0.39 is 12.2 Å². The van der Waals surface area contributed by atoms with Crippen LogP contribution in [0.25, 0.3) is 0 Å². The van der Waals surface area contributed by atoms with Gasteiger partial charge in [0.1, 0.15) is 0 Å². The molecule has 0 aliphatic heterocycles. The van der Waals surface area contributed by atoms with Gasteiger partial charge in [0.2, 0.25) is 11.8 Å². The van der Waals surface area contributed by atoms with E-state index in [-0.39, 0.29) is 23.7 Å². The molecule has 2 amide bonds. The van der Waals surface area contributed by atoms with Crippen molar-refractivity contribution in [2.45, 2.75) is 50.7 Å². The van der Waals surface area contributed by atoms with E-state index in [2.05, 4.69) is 34.9 Å². The molecule has 4 rings (SSSR count). The second kappa shape index (κ2) is 13.7. The van der Waals surface area contributed by atoms with Crippen molar-refractivity contribution in [3.8, 4) is 0 Å². The molecule has 0 spiro atoms. The van der Waals surface area contributed by atoms with Crippen LogP contribution in [0, 0.1) is 11.8 Å². The van der Waals surface area contributed by atoms with E-state index in [0.717, 1.165) is 32.2 Å². The van der Waals surface area contributed by atoms with E-state index in [4.69, 9.17) is 0 Å². The van der Waals surface area contributed by atoms with Crippen molar-refractivity contribution >= 4 is 11.8 Å². The van der Waals surface area contributed by atoms with Crippen molar-refractivity contribution in [2.24, 2.45) is 11.8 Å². The SMILES string of the molecule is O=C(NCCc1ccccc1)C1CC(O)C(O)C1.O=C(NCCc1ccccc1)C1CC=CC1. The molecule has 2 aromatic rings. The number of nitrogens with one attached hydrogen (secondary N) is 2. The van der Waals surface area contributed by atoms with Crippen molar-refractivity contribution in [1.29, 1.82) is 0 Å². The predicted octanol–water partition coefficient (Wildman–Crippen LogP) is 2.79. The number of benzene rings is 2. The van der Waals surface area contributed by atoms with Crippen LogP contribution in [0.3, 0.4) is 0 Å². The van der Waals surface area contributed by atoms with Crippen LogP contribution < -0.4 is 10.6 Å². The van der Waals surface area contributed by atoms with Crippen LogP contribution in [0.5, 0.6) is 0 Å². The van der Waals surface area contributed by atoms with Crippen molar-refractivity contribution in [3.05, 3.63) is 83.9 Å². The number of aliphatic hydroxyl groups excluding tert-OH is 2. The maximum absolute atomic E-state index is 11.8. The summed E-state index contributed by atoms with van der Waals surface area (Å²) in [5.41, 5.74) is 2.46. The molecule has 4 N–H and O–H groups in total. The molecule has 0 bridgehead atoms. The largest absolute Gasteiger partial charge is 0.390 e. The molecular weight excluding hydrogens is 428 g/mol. The first-order chi connectivity index (χ1) is 16.5. The maximum Gasteiger partial charge on any atom is 0.223 e. The van der Waals surface area contributed by atoms with E-state index in [1.807, 2.05) is 48.5 Å². The highest BCUT2D eigenvalue weighted by molar-refractivity contribution is 5.79. The zero-order valence-electron chi connectivity index (χ0n) is 19.6. The van der Waals surface area contributed by atoms with Gasteiger partial charge in [-0.2, -0.15) is 0 Å². The van der Waals surface area contributed by atoms with Crippen LogP contribution in [-0.2, 0) is 22.4 Å². The van der Waals surface area contributed by atoms with Crippen molar-refractivity contribution in [2.75, 3.05) is 13.1 Å². The maximum atomic E-state index is 11.8. The molecule has 1 saturated carbocycles. The molecule has 0 heterocycles. The van der Waals surface area contributed by atoms with Crippen LogP contribution in [0.4, 0.5) is 0 Å². The average Bonchev–Trinajstić information content (AvgIpc) is 3.51. The molecule has 6 heteroatoms. The Labute approximate surface area is 202 Å². The van der Waals surface area contributed by atoms with Gasteiger partial charge in [-0.15, -0.1) is 0 Å². The van der Waals surface area contributed by atoms with Gasteiger partial charge in [-0.25, -0.2) is 0 Å². The Morgan fingerprint density at radius 1 is 0.676 bits per heavy atom. The third-order valence-electron chi connectivity index (χ3n) is 6.36. The number of rotatable bonds is 8. The van der Waals surface area contributed by atoms with Crippen LogP contribution in [0.2, 0.25) is 0 Å². The van der Waals surface area contributed by atoms with Gasteiger partial charge in [0.15, 0.2) is 0 Å². The zero-order chi connectivity index (χ0) is 24.2. The lowest BCUT2D eigenvalue weighted by atomic mass is 10.1. The zero-order valence-corrected chi connectivity index (χ0v) is 19.6. The first kappa shape index (κ1) is 25.7. The molecule has 1 fully saturated rings. The molecule has 2 atom stereocenters. The lowest BCUT2D eigenvalue weighted by molar-refractivity contribution is -0.125. The van der Waals surface area contributed by atoms with Gasteiger partial charge in [-0.1, -0.05) is 72.8 Å². The first-order valence-corrected chi connectivity index (χ1v) is 12.2. The van der Waals surface area contributed by atoms with Crippen LogP contribution >= 0.6 is 0 Å². The van der Waals surface area contributed by atoms with E-state index in [0.29, 0.717) is 19.4 Å². The highest BCUT2D eigenvalue weighted by Gasteiger charge is 2.35. The Morgan fingerprint density at radius 3 is 1.53 bits per heavy atom. The van der Waals surface area contributed by atoms with Gasteiger partial charge < -0.3 is 20.8 Å². The summed E-state index contributed by atoms with van der Waals surface area (Å²) in [6.07, 6.45) is 6.88. The monoisotopic (exact) mass is 464 g/mol. The summed E-state index contributed by atoms with van der Waals surface area (Å²) < 4.78 is 0. The number of carbonyl (C=O) groups excluding carboxylic acids is 2. The van der Waals surface area contributed by atoms with E-state index in [1.165, 1.54) is 11.1 Å². The number of aliphatic hydroxyl groups is 2. The normalized spacial score (nSPS) is 21.5. The molecule has 182 valence electrons. The smallest absolute Gasteiger partial charge is 0.223 e. The topological polar surface area (TPSA) is 98.7 Å².